The van der Waals surface area contributed by atoms with Crippen LogP contribution in [0.5, 0.6) is 0 Å². The molecule has 0 aliphatic heterocycles. The van der Waals surface area contributed by atoms with Crippen molar-refractivity contribution in [2.45, 2.75) is 0 Å². The predicted molar refractivity (Wildman–Crippen MR) is 267 cm³/mol. The molecule has 288 valence electrons. The van der Waals surface area contributed by atoms with Crippen LogP contribution in [0.15, 0.2) is 182 Å². The lowest BCUT2D eigenvalue weighted by Gasteiger charge is -2.13. The Morgan fingerprint density at radius 1 is 0.306 bits per heavy atom. The van der Waals surface area contributed by atoms with Crippen LogP contribution in [0.2, 0.25) is 0 Å². The van der Waals surface area contributed by atoms with Gasteiger partial charge in [0, 0.05) is 83.3 Å². The molecule has 0 bridgehead atoms. The summed E-state index contributed by atoms with van der Waals surface area (Å²) in [5.74, 6) is 1.95. The fraction of sp³-hybridized carbons (Fsp3) is 0. The summed E-state index contributed by atoms with van der Waals surface area (Å²) in [4.78, 5) is 16.1. The highest BCUT2D eigenvalue weighted by Gasteiger charge is 2.22. The quantitative estimate of drug-likeness (QED) is 0.177. The summed E-state index contributed by atoms with van der Waals surface area (Å²) in [6.07, 6.45) is 0. The molecule has 4 nitrogen and oxygen atoms in total. The van der Waals surface area contributed by atoms with Crippen LogP contribution in [0.4, 0.5) is 0 Å². The van der Waals surface area contributed by atoms with Gasteiger partial charge in [-0.05, 0) is 71.4 Å². The van der Waals surface area contributed by atoms with Gasteiger partial charge >= 0.3 is 0 Å². The van der Waals surface area contributed by atoms with E-state index in [1.54, 1.807) is 0 Å². The third-order valence-electron chi connectivity index (χ3n) is 12.4. The molecule has 7 heteroatoms. The summed E-state index contributed by atoms with van der Waals surface area (Å²) >= 11 is 5.46. The van der Waals surface area contributed by atoms with Crippen LogP contribution in [-0.2, 0) is 0 Å². The van der Waals surface area contributed by atoms with Crippen molar-refractivity contribution in [2.24, 2.45) is 0 Å². The summed E-state index contributed by atoms with van der Waals surface area (Å²) < 4.78 is 9.91. The minimum Gasteiger partial charge on any atom is -0.308 e. The third-order valence-corrected chi connectivity index (χ3v) is 15.9. The van der Waals surface area contributed by atoms with E-state index in [0.29, 0.717) is 17.5 Å². The average molecular weight is 843 g/mol. The molecule has 14 rings (SSSR count). The highest BCUT2D eigenvalue weighted by molar-refractivity contribution is 7.26. The Kier molecular flexibility index (Phi) is 7.28. The Hall–Kier alpha value is -7.29. The average Bonchev–Trinajstić information content (AvgIpc) is 4.09. The van der Waals surface area contributed by atoms with Crippen molar-refractivity contribution in [3.63, 3.8) is 0 Å². The summed E-state index contributed by atoms with van der Waals surface area (Å²) in [6.45, 7) is 0. The molecular formula is C55H30N4S3. The van der Waals surface area contributed by atoms with E-state index in [2.05, 4.69) is 187 Å². The smallest absolute Gasteiger partial charge is 0.164 e. The summed E-state index contributed by atoms with van der Waals surface area (Å²) in [7, 11) is 0. The summed E-state index contributed by atoms with van der Waals surface area (Å²) in [6, 6.07) is 66.1. The van der Waals surface area contributed by atoms with Crippen LogP contribution < -0.4 is 0 Å². The van der Waals surface area contributed by atoms with Gasteiger partial charge in [0.25, 0.3) is 0 Å². The number of rotatable bonds is 4. The van der Waals surface area contributed by atoms with Gasteiger partial charge in [-0.25, -0.2) is 15.0 Å². The van der Waals surface area contributed by atoms with Crippen LogP contribution in [0.1, 0.15) is 0 Å². The van der Waals surface area contributed by atoms with Gasteiger partial charge < -0.3 is 4.57 Å². The molecular weight excluding hydrogens is 813 g/mol. The summed E-state index contributed by atoms with van der Waals surface area (Å²) in [5, 5.41) is 12.4. The predicted octanol–water partition coefficient (Wildman–Crippen LogP) is 16.2. The molecule has 9 aromatic carbocycles. The lowest BCUT2D eigenvalue weighted by molar-refractivity contribution is 1.07. The molecule has 0 N–H and O–H groups in total. The highest BCUT2D eigenvalue weighted by atomic mass is 32.1. The van der Waals surface area contributed by atoms with Gasteiger partial charge in [-0.1, -0.05) is 121 Å². The van der Waals surface area contributed by atoms with Gasteiger partial charge in [-0.2, -0.15) is 0 Å². The maximum absolute atomic E-state index is 5.40. The number of para-hydroxylation sites is 1. The fourth-order valence-electron chi connectivity index (χ4n) is 9.51. The van der Waals surface area contributed by atoms with Crippen LogP contribution >= 0.6 is 34.0 Å². The van der Waals surface area contributed by atoms with Gasteiger partial charge in [0.15, 0.2) is 17.5 Å². The largest absolute Gasteiger partial charge is 0.308 e. The zero-order valence-electron chi connectivity index (χ0n) is 32.8. The maximum Gasteiger partial charge on any atom is 0.164 e. The van der Waals surface area contributed by atoms with Crippen molar-refractivity contribution in [2.75, 3.05) is 0 Å². The van der Waals surface area contributed by atoms with Crippen molar-refractivity contribution in [3.05, 3.63) is 182 Å². The van der Waals surface area contributed by atoms with Crippen LogP contribution in [0.25, 0.3) is 133 Å². The van der Waals surface area contributed by atoms with E-state index in [9.17, 15) is 0 Å². The van der Waals surface area contributed by atoms with E-state index >= 15 is 0 Å². The zero-order chi connectivity index (χ0) is 40.5. The van der Waals surface area contributed by atoms with Crippen molar-refractivity contribution in [1.82, 2.24) is 19.5 Å². The second-order valence-electron chi connectivity index (χ2n) is 16.0. The van der Waals surface area contributed by atoms with Gasteiger partial charge in [0.1, 0.15) is 0 Å². The fourth-order valence-corrected chi connectivity index (χ4v) is 13.0. The molecule has 0 spiro atoms. The van der Waals surface area contributed by atoms with Crippen LogP contribution in [0.3, 0.4) is 0 Å². The van der Waals surface area contributed by atoms with Gasteiger partial charge in [-0.3, -0.25) is 0 Å². The normalized spacial score (nSPS) is 12.2. The SMILES string of the molecule is c1ccc2cc3c(cc2c1)c1ccccc1n3-c1cc(-c2nc(-c3ccc4c(c3)sc3ccccc34)nc(-c3ccc4c(c3)sc3ccccc34)n2)cc2c1sc1ccccc12. The number of nitrogens with zero attached hydrogens (tertiary/aromatic N) is 4. The molecule has 0 radical (unpaired) electrons. The number of hydrogen-bond donors (Lipinski definition) is 0. The molecule has 0 amide bonds. The van der Waals surface area contributed by atoms with Crippen LogP contribution in [0, 0.1) is 0 Å². The summed E-state index contributed by atoms with van der Waals surface area (Å²) in [5.41, 5.74) is 6.33. The van der Waals surface area contributed by atoms with Crippen LogP contribution in [-0.4, -0.2) is 19.5 Å². The topological polar surface area (TPSA) is 43.6 Å². The minimum absolute atomic E-state index is 0.641. The molecule has 0 aliphatic carbocycles. The van der Waals surface area contributed by atoms with E-state index in [1.807, 2.05) is 34.0 Å². The Balaban J connectivity index is 1.05. The molecule has 0 saturated heterocycles. The van der Waals surface area contributed by atoms with Gasteiger partial charge in [0.2, 0.25) is 0 Å². The lowest BCUT2D eigenvalue weighted by Crippen LogP contribution is -2.01. The Morgan fingerprint density at radius 3 is 1.42 bits per heavy atom. The Bertz CT molecular complexity index is 4060. The van der Waals surface area contributed by atoms with Crippen molar-refractivity contribution in [1.29, 1.82) is 0 Å². The van der Waals surface area contributed by atoms with Gasteiger partial charge in [-0.15, -0.1) is 34.0 Å². The first-order valence-corrected chi connectivity index (χ1v) is 23.1. The first kappa shape index (κ1) is 34.4. The molecule has 0 saturated carbocycles. The first-order chi connectivity index (χ1) is 30.7. The van der Waals surface area contributed by atoms with E-state index in [-0.39, 0.29) is 0 Å². The molecule has 14 aromatic rings. The number of thiophene rings is 3. The number of hydrogen-bond acceptors (Lipinski definition) is 6. The molecule has 5 aromatic heterocycles. The number of benzene rings is 9. The monoisotopic (exact) mass is 842 g/mol. The maximum atomic E-state index is 5.40. The Labute approximate surface area is 366 Å². The minimum atomic E-state index is 0.641. The van der Waals surface area contributed by atoms with E-state index in [1.165, 1.54) is 93.1 Å². The van der Waals surface area contributed by atoms with E-state index in [4.69, 9.17) is 15.0 Å². The molecule has 0 fully saturated rings. The van der Waals surface area contributed by atoms with Gasteiger partial charge in [0.05, 0.1) is 21.4 Å². The van der Waals surface area contributed by atoms with E-state index < -0.39 is 0 Å². The second-order valence-corrected chi connectivity index (χ2v) is 19.2. The van der Waals surface area contributed by atoms with Crippen molar-refractivity contribution >= 4 is 127 Å². The second kappa shape index (κ2) is 13.1. The number of fused-ring (bicyclic) bond motifs is 13. The first-order valence-electron chi connectivity index (χ1n) is 20.7. The Morgan fingerprint density at radius 2 is 0.790 bits per heavy atom. The molecule has 5 heterocycles. The molecule has 62 heavy (non-hydrogen) atoms. The molecule has 0 unspecified atom stereocenters. The lowest BCUT2D eigenvalue weighted by atomic mass is 10.1. The number of aromatic nitrogens is 4. The molecule has 0 aliphatic rings. The molecule has 0 atom stereocenters. The highest BCUT2D eigenvalue weighted by Crippen LogP contribution is 2.45. The van der Waals surface area contributed by atoms with E-state index in [0.717, 1.165) is 22.4 Å². The van der Waals surface area contributed by atoms with Crippen molar-refractivity contribution in [3.8, 4) is 39.9 Å². The zero-order valence-corrected chi connectivity index (χ0v) is 35.3. The van der Waals surface area contributed by atoms with Crippen molar-refractivity contribution < 1.29 is 0 Å². The standard InChI is InChI=1S/C55H30N4S3/c1-2-12-32-27-45-42(25-31(32)11-1)36-13-3-7-17-44(36)59(45)46-28-35(26-43-39-16-6-10-20-49(39)62-52(43)46)55-57-53(33-21-23-40-37-14-4-8-18-47(37)60-50(40)29-33)56-54(58-55)34-22-24-41-38-15-5-9-19-48(38)61-51(41)30-34/h1-30H. The third kappa shape index (κ3) is 5.13.